The number of ether oxygens (including phenoxy) is 1. The van der Waals surface area contributed by atoms with E-state index in [0.717, 1.165) is 19.3 Å². The van der Waals surface area contributed by atoms with Crippen molar-refractivity contribution in [1.82, 2.24) is 20.9 Å². The Balaban J connectivity index is 2.37. The lowest BCUT2D eigenvalue weighted by Gasteiger charge is -2.49. The molecule has 2 aliphatic rings. The largest absolute Gasteiger partial charge is 0.464 e. The minimum atomic E-state index is -1.11. The van der Waals surface area contributed by atoms with Crippen LogP contribution in [0.1, 0.15) is 115 Å². The van der Waals surface area contributed by atoms with Gasteiger partial charge in [-0.2, -0.15) is 0 Å². The van der Waals surface area contributed by atoms with Crippen molar-refractivity contribution in [3.05, 3.63) is 0 Å². The van der Waals surface area contributed by atoms with E-state index in [-0.39, 0.29) is 35.8 Å². The van der Waals surface area contributed by atoms with Gasteiger partial charge in [-0.05, 0) is 46.3 Å². The van der Waals surface area contributed by atoms with Crippen molar-refractivity contribution in [2.75, 3.05) is 13.2 Å². The summed E-state index contributed by atoms with van der Waals surface area (Å²) in [6, 6.07) is -4.83. The van der Waals surface area contributed by atoms with Crippen LogP contribution in [0, 0.1) is 33.5 Å². The van der Waals surface area contributed by atoms with Crippen molar-refractivity contribution in [1.29, 1.82) is 0 Å². The Morgan fingerprint density at radius 2 is 1.40 bits per heavy atom. The van der Waals surface area contributed by atoms with Crippen LogP contribution in [0.15, 0.2) is 0 Å². The number of rotatable bonds is 11. The average Bonchev–Trinajstić information content (AvgIpc) is 2.89. The molecule has 0 bridgehead atoms. The number of likely N-dealkylation sites (tertiary alicyclic amines) is 1. The lowest BCUT2D eigenvalue weighted by molar-refractivity contribution is -0.153. The molecule has 12 heteroatoms. The van der Waals surface area contributed by atoms with Gasteiger partial charge in [0.25, 0.3) is 5.91 Å². The fraction of sp³-hybridized carbons (Fsp3) is 0.829. The Labute approximate surface area is 281 Å². The monoisotopic (exact) mass is 663 g/mol. The summed E-state index contributed by atoms with van der Waals surface area (Å²) >= 11 is 0. The minimum absolute atomic E-state index is 0.171. The van der Waals surface area contributed by atoms with Gasteiger partial charge in [-0.1, -0.05) is 102 Å². The number of esters is 1. The van der Waals surface area contributed by atoms with E-state index in [1.165, 1.54) is 4.90 Å². The van der Waals surface area contributed by atoms with Gasteiger partial charge in [-0.3, -0.25) is 19.2 Å². The number of nitrogens with two attached hydrogens (primary N) is 1. The van der Waals surface area contributed by atoms with E-state index in [9.17, 15) is 28.8 Å². The van der Waals surface area contributed by atoms with Crippen LogP contribution in [0.2, 0.25) is 0 Å². The molecule has 1 saturated carbocycles. The normalized spacial score (nSPS) is 22.2. The molecule has 0 spiro atoms. The third kappa shape index (κ3) is 10.9. The number of nitrogens with one attached hydrogen (secondary N) is 3. The summed E-state index contributed by atoms with van der Waals surface area (Å²) in [5, 5.41) is 8.31. The highest BCUT2D eigenvalue weighted by Gasteiger charge is 2.49. The number of hydrogen-bond acceptors (Lipinski definition) is 7. The summed E-state index contributed by atoms with van der Waals surface area (Å²) in [7, 11) is 0. The molecule has 1 unspecified atom stereocenters. The fourth-order valence-corrected chi connectivity index (χ4v) is 5.93. The zero-order valence-corrected chi connectivity index (χ0v) is 30.8. The smallest absolute Gasteiger partial charge is 0.329 e. The molecular weight excluding hydrogens is 602 g/mol. The lowest BCUT2D eigenvalue weighted by Crippen LogP contribution is -2.66. The Kier molecular flexibility index (Phi) is 12.7. The van der Waals surface area contributed by atoms with Crippen LogP contribution in [-0.4, -0.2) is 77.7 Å². The van der Waals surface area contributed by atoms with Crippen LogP contribution in [0.4, 0.5) is 4.79 Å². The molecule has 5 amide bonds. The standard InChI is InChI=1S/C35H61N5O7/c1-20-23(28(43)37-22(24(41)27(36)42)18-21-14-13-15-21)40(17-16-35(20,11)12)29(44)25(33(5,6)7)38-31(46)39-26(34(8,9)10)30(45)47-19-32(2,3)4/h20-23,25-26H,13-19H2,1-12H3,(H2,36,42)(H,37,43)(H2,38,39,46)/t20-,22?,23-,25+,26-/m0/s1. The highest BCUT2D eigenvalue weighted by molar-refractivity contribution is 6.37. The van der Waals surface area contributed by atoms with Gasteiger partial charge in [-0.15, -0.1) is 0 Å². The second kappa shape index (κ2) is 14.9. The number of carbonyl (C=O) groups is 6. The summed E-state index contributed by atoms with van der Waals surface area (Å²) in [4.78, 5) is 81.1. The van der Waals surface area contributed by atoms with Gasteiger partial charge < -0.3 is 31.3 Å². The molecule has 5 atom stereocenters. The third-order valence-electron chi connectivity index (χ3n) is 9.67. The second-order valence-corrected chi connectivity index (χ2v) is 17.7. The van der Waals surface area contributed by atoms with Crippen molar-refractivity contribution in [2.45, 2.75) is 139 Å². The van der Waals surface area contributed by atoms with E-state index in [1.807, 2.05) is 62.3 Å². The molecule has 0 aromatic carbocycles. The molecule has 1 aliphatic heterocycles. The third-order valence-corrected chi connectivity index (χ3v) is 9.67. The zero-order valence-electron chi connectivity index (χ0n) is 30.8. The predicted octanol–water partition coefficient (Wildman–Crippen LogP) is 3.70. The highest BCUT2D eigenvalue weighted by Crippen LogP contribution is 2.40. The Morgan fingerprint density at radius 1 is 0.872 bits per heavy atom. The maximum Gasteiger partial charge on any atom is 0.329 e. The first-order chi connectivity index (χ1) is 21.3. The van der Waals surface area contributed by atoms with Crippen LogP contribution < -0.4 is 21.7 Å². The molecule has 0 radical (unpaired) electrons. The Hall–Kier alpha value is -3.18. The number of amides is 5. The molecule has 1 heterocycles. The molecule has 268 valence electrons. The van der Waals surface area contributed by atoms with Gasteiger partial charge in [0.05, 0.1) is 12.6 Å². The number of urea groups is 1. The average molecular weight is 664 g/mol. The summed E-state index contributed by atoms with van der Waals surface area (Å²) in [5.74, 6) is -3.67. The summed E-state index contributed by atoms with van der Waals surface area (Å²) in [5.41, 5.74) is 3.27. The van der Waals surface area contributed by atoms with Crippen LogP contribution in [-0.2, 0) is 28.7 Å². The molecule has 12 nitrogen and oxygen atoms in total. The highest BCUT2D eigenvalue weighted by atomic mass is 16.5. The summed E-state index contributed by atoms with van der Waals surface area (Å²) in [6.07, 6.45) is 3.74. The molecule has 1 saturated heterocycles. The molecule has 0 aromatic heterocycles. The molecule has 1 aliphatic carbocycles. The molecular formula is C35H61N5O7. The van der Waals surface area contributed by atoms with Gasteiger partial charge in [0, 0.05) is 6.54 Å². The van der Waals surface area contributed by atoms with E-state index in [0.29, 0.717) is 12.8 Å². The molecule has 5 N–H and O–H groups in total. The molecule has 2 rings (SSSR count). The number of carbonyl (C=O) groups excluding carboxylic acids is 6. The predicted molar refractivity (Wildman–Crippen MR) is 180 cm³/mol. The van der Waals surface area contributed by atoms with Gasteiger partial charge >= 0.3 is 12.0 Å². The van der Waals surface area contributed by atoms with E-state index in [4.69, 9.17) is 10.5 Å². The SMILES string of the molecule is C[C@H]1[C@@H](C(=O)NC(CC2CCC2)C(=O)C(N)=O)N(C(=O)[C@@H](NC(=O)N[C@@H](C(=O)OCC(C)(C)C)C(C)(C)C)C(C)(C)C)CCC1(C)C. The number of piperidine rings is 1. The van der Waals surface area contributed by atoms with Gasteiger partial charge in [0.15, 0.2) is 0 Å². The Morgan fingerprint density at radius 3 is 1.85 bits per heavy atom. The van der Waals surface area contributed by atoms with E-state index in [2.05, 4.69) is 16.0 Å². The number of Topliss-reactive ketones (excluding diaryl/α,β-unsaturated/α-hetero) is 1. The first-order valence-corrected chi connectivity index (χ1v) is 16.9. The quantitative estimate of drug-likeness (QED) is 0.192. The van der Waals surface area contributed by atoms with E-state index in [1.54, 1.807) is 20.8 Å². The van der Waals surface area contributed by atoms with E-state index < -0.39 is 70.5 Å². The molecule has 0 aromatic rings. The maximum atomic E-state index is 14.4. The number of hydrogen-bond donors (Lipinski definition) is 4. The van der Waals surface area contributed by atoms with Crippen molar-refractivity contribution in [3.63, 3.8) is 0 Å². The zero-order chi connectivity index (χ0) is 36.3. The number of primary amides is 1. The first-order valence-electron chi connectivity index (χ1n) is 16.9. The first kappa shape index (κ1) is 40.0. The minimum Gasteiger partial charge on any atom is -0.464 e. The van der Waals surface area contributed by atoms with Crippen LogP contribution >= 0.6 is 0 Å². The maximum absolute atomic E-state index is 14.4. The summed E-state index contributed by atoms with van der Waals surface area (Å²) in [6.45, 7) is 23.0. The van der Waals surface area contributed by atoms with Crippen molar-refractivity contribution < 1.29 is 33.5 Å². The van der Waals surface area contributed by atoms with Gasteiger partial charge in [0.2, 0.25) is 17.6 Å². The van der Waals surface area contributed by atoms with Crippen molar-refractivity contribution >= 4 is 35.5 Å². The van der Waals surface area contributed by atoms with Gasteiger partial charge in [0.1, 0.15) is 18.1 Å². The summed E-state index contributed by atoms with van der Waals surface area (Å²) < 4.78 is 5.53. The van der Waals surface area contributed by atoms with E-state index >= 15 is 0 Å². The van der Waals surface area contributed by atoms with Crippen LogP contribution in [0.25, 0.3) is 0 Å². The topological polar surface area (TPSA) is 177 Å². The molecule has 47 heavy (non-hydrogen) atoms. The second-order valence-electron chi connectivity index (χ2n) is 17.7. The number of nitrogens with zero attached hydrogens (tertiary/aromatic N) is 1. The van der Waals surface area contributed by atoms with Gasteiger partial charge in [-0.25, -0.2) is 9.59 Å². The number of ketones is 1. The molecule has 2 fully saturated rings. The lowest BCUT2D eigenvalue weighted by atomic mass is 9.69. The van der Waals surface area contributed by atoms with Crippen molar-refractivity contribution in [3.8, 4) is 0 Å². The van der Waals surface area contributed by atoms with Crippen LogP contribution in [0.5, 0.6) is 0 Å². The Bertz CT molecular complexity index is 1190. The van der Waals surface area contributed by atoms with Crippen molar-refractivity contribution in [2.24, 2.45) is 39.2 Å². The fourth-order valence-electron chi connectivity index (χ4n) is 5.93. The van der Waals surface area contributed by atoms with Crippen LogP contribution in [0.3, 0.4) is 0 Å².